The molecule has 136 valence electrons. The highest BCUT2D eigenvalue weighted by Crippen LogP contribution is 2.21. The fraction of sp³-hybridized carbons (Fsp3) is 0.667. The number of morpholine rings is 1. The van der Waals surface area contributed by atoms with Crippen LogP contribution in [0.25, 0.3) is 0 Å². The van der Waals surface area contributed by atoms with Crippen LogP contribution in [0.1, 0.15) is 36.5 Å². The summed E-state index contributed by atoms with van der Waals surface area (Å²) in [6.45, 7) is 12.0. The first kappa shape index (κ1) is 19.4. The number of sulfonamides is 1. The Kier molecular flexibility index (Phi) is 6.80. The normalized spacial score (nSPS) is 19.6. The molecule has 6 heteroatoms. The van der Waals surface area contributed by atoms with Crippen molar-refractivity contribution >= 4 is 10.0 Å². The summed E-state index contributed by atoms with van der Waals surface area (Å²) in [5.74, 6) is 0. The molecule has 1 unspecified atom stereocenters. The maximum Gasteiger partial charge on any atom is 0.241 e. The molecule has 2 rings (SSSR count). The van der Waals surface area contributed by atoms with Gasteiger partial charge in [-0.2, -0.15) is 0 Å². The highest BCUT2D eigenvalue weighted by atomic mass is 32.2. The van der Waals surface area contributed by atoms with E-state index in [9.17, 15) is 8.42 Å². The Morgan fingerprint density at radius 1 is 1.21 bits per heavy atom. The van der Waals surface area contributed by atoms with Gasteiger partial charge in [-0.1, -0.05) is 17.7 Å². The van der Waals surface area contributed by atoms with Gasteiger partial charge in [-0.25, -0.2) is 13.1 Å². The summed E-state index contributed by atoms with van der Waals surface area (Å²) >= 11 is 0. The fourth-order valence-corrected chi connectivity index (χ4v) is 4.95. The van der Waals surface area contributed by atoms with Crippen LogP contribution >= 0.6 is 0 Å². The van der Waals surface area contributed by atoms with Crippen molar-refractivity contribution in [3.05, 3.63) is 28.8 Å². The molecule has 1 N–H and O–H groups in total. The maximum absolute atomic E-state index is 12.6. The molecule has 1 fully saturated rings. The van der Waals surface area contributed by atoms with Gasteiger partial charge in [0.25, 0.3) is 0 Å². The van der Waals surface area contributed by atoms with Gasteiger partial charge < -0.3 is 4.74 Å². The van der Waals surface area contributed by atoms with E-state index in [1.807, 2.05) is 32.9 Å². The van der Waals surface area contributed by atoms with Gasteiger partial charge in [-0.05, 0) is 58.2 Å². The molecule has 0 saturated carbocycles. The SMILES string of the molecule is Cc1cc(C)c(S(=O)(=O)NCCCCN2CCOC(C)C2)c(C)c1. The first-order valence-electron chi connectivity index (χ1n) is 8.71. The summed E-state index contributed by atoms with van der Waals surface area (Å²) in [5, 5.41) is 0. The Bertz CT molecular complexity index is 635. The number of rotatable bonds is 7. The summed E-state index contributed by atoms with van der Waals surface area (Å²) in [4.78, 5) is 2.81. The third-order valence-corrected chi connectivity index (χ3v) is 6.16. The summed E-state index contributed by atoms with van der Waals surface area (Å²) in [6, 6.07) is 3.84. The predicted molar refractivity (Wildman–Crippen MR) is 96.9 cm³/mol. The Hall–Kier alpha value is -0.950. The number of hydrogen-bond donors (Lipinski definition) is 1. The van der Waals surface area contributed by atoms with Crippen molar-refractivity contribution in [2.45, 2.75) is 51.5 Å². The van der Waals surface area contributed by atoms with Gasteiger partial charge in [0.15, 0.2) is 0 Å². The second kappa shape index (κ2) is 8.43. The minimum atomic E-state index is -3.44. The molecule has 0 aromatic heterocycles. The van der Waals surface area contributed by atoms with Crippen molar-refractivity contribution in [2.24, 2.45) is 0 Å². The van der Waals surface area contributed by atoms with E-state index in [4.69, 9.17) is 4.74 Å². The molecule has 1 aliphatic rings. The molecule has 0 amide bonds. The zero-order valence-electron chi connectivity index (χ0n) is 15.3. The second-order valence-corrected chi connectivity index (χ2v) is 8.52. The topological polar surface area (TPSA) is 58.6 Å². The Morgan fingerprint density at radius 2 is 1.88 bits per heavy atom. The van der Waals surface area contributed by atoms with Crippen LogP contribution in [-0.2, 0) is 14.8 Å². The Morgan fingerprint density at radius 3 is 2.50 bits per heavy atom. The van der Waals surface area contributed by atoms with Crippen LogP contribution in [0.5, 0.6) is 0 Å². The lowest BCUT2D eigenvalue weighted by Crippen LogP contribution is -2.41. The number of nitrogens with one attached hydrogen (secondary N) is 1. The number of hydrogen-bond acceptors (Lipinski definition) is 4. The molecule has 0 bridgehead atoms. The maximum atomic E-state index is 12.6. The van der Waals surface area contributed by atoms with Crippen molar-refractivity contribution in [3.63, 3.8) is 0 Å². The quantitative estimate of drug-likeness (QED) is 0.764. The molecule has 1 saturated heterocycles. The van der Waals surface area contributed by atoms with Crippen LogP contribution in [0.4, 0.5) is 0 Å². The van der Waals surface area contributed by atoms with Gasteiger partial charge >= 0.3 is 0 Å². The molecule has 0 aliphatic carbocycles. The molecule has 1 aliphatic heterocycles. The minimum absolute atomic E-state index is 0.296. The zero-order valence-corrected chi connectivity index (χ0v) is 16.1. The lowest BCUT2D eigenvalue weighted by atomic mass is 10.1. The minimum Gasteiger partial charge on any atom is -0.376 e. The van der Waals surface area contributed by atoms with E-state index in [-0.39, 0.29) is 0 Å². The summed E-state index contributed by atoms with van der Waals surface area (Å²) in [5.41, 5.74) is 2.70. The second-order valence-electron chi connectivity index (χ2n) is 6.81. The van der Waals surface area contributed by atoms with Crippen LogP contribution in [0.15, 0.2) is 17.0 Å². The molecule has 1 aromatic carbocycles. The van der Waals surface area contributed by atoms with Crippen LogP contribution in [0.3, 0.4) is 0 Å². The van der Waals surface area contributed by atoms with Crippen molar-refractivity contribution in [2.75, 3.05) is 32.8 Å². The fourth-order valence-electron chi connectivity index (χ4n) is 3.42. The monoisotopic (exact) mass is 354 g/mol. The van der Waals surface area contributed by atoms with E-state index in [1.54, 1.807) is 0 Å². The van der Waals surface area contributed by atoms with E-state index >= 15 is 0 Å². The molecule has 5 nitrogen and oxygen atoms in total. The average molecular weight is 355 g/mol. The van der Waals surface area contributed by atoms with Crippen LogP contribution in [-0.4, -0.2) is 52.2 Å². The molecule has 24 heavy (non-hydrogen) atoms. The van der Waals surface area contributed by atoms with Gasteiger partial charge in [-0.15, -0.1) is 0 Å². The van der Waals surface area contributed by atoms with Gasteiger partial charge in [-0.3, -0.25) is 4.90 Å². The average Bonchev–Trinajstić information content (AvgIpc) is 2.45. The molecular formula is C18H30N2O3S. The molecular weight excluding hydrogens is 324 g/mol. The largest absolute Gasteiger partial charge is 0.376 e. The van der Waals surface area contributed by atoms with E-state index in [2.05, 4.69) is 16.5 Å². The molecule has 1 atom stereocenters. The van der Waals surface area contributed by atoms with Crippen molar-refractivity contribution in [3.8, 4) is 0 Å². The van der Waals surface area contributed by atoms with Crippen molar-refractivity contribution in [1.82, 2.24) is 9.62 Å². The first-order chi connectivity index (χ1) is 11.3. The third kappa shape index (κ3) is 5.28. The summed E-state index contributed by atoms with van der Waals surface area (Å²) < 4.78 is 33.4. The smallest absolute Gasteiger partial charge is 0.241 e. The lowest BCUT2D eigenvalue weighted by Gasteiger charge is -2.30. The van der Waals surface area contributed by atoms with E-state index in [1.165, 1.54) is 0 Å². The summed E-state index contributed by atoms with van der Waals surface area (Å²) in [6.07, 6.45) is 2.13. The zero-order chi connectivity index (χ0) is 17.7. The van der Waals surface area contributed by atoms with Crippen molar-refractivity contribution < 1.29 is 13.2 Å². The van der Waals surface area contributed by atoms with E-state index < -0.39 is 10.0 Å². The first-order valence-corrected chi connectivity index (χ1v) is 10.2. The number of unbranched alkanes of at least 4 members (excludes halogenated alkanes) is 1. The highest BCUT2D eigenvalue weighted by Gasteiger charge is 2.19. The Balaban J connectivity index is 1.81. The summed E-state index contributed by atoms with van der Waals surface area (Å²) in [7, 11) is -3.44. The molecule has 0 radical (unpaired) electrons. The number of aryl methyl sites for hydroxylation is 3. The van der Waals surface area contributed by atoms with Crippen LogP contribution in [0.2, 0.25) is 0 Å². The third-order valence-electron chi connectivity index (χ3n) is 4.39. The van der Waals surface area contributed by atoms with E-state index in [0.717, 1.165) is 55.8 Å². The molecule has 0 spiro atoms. The van der Waals surface area contributed by atoms with Crippen LogP contribution in [0, 0.1) is 20.8 Å². The van der Waals surface area contributed by atoms with Gasteiger partial charge in [0.05, 0.1) is 17.6 Å². The number of benzene rings is 1. The molecule has 1 heterocycles. The van der Waals surface area contributed by atoms with E-state index in [0.29, 0.717) is 17.5 Å². The Labute approximate surface area is 146 Å². The van der Waals surface area contributed by atoms with Crippen LogP contribution < -0.4 is 4.72 Å². The van der Waals surface area contributed by atoms with Gasteiger partial charge in [0.2, 0.25) is 10.0 Å². The lowest BCUT2D eigenvalue weighted by molar-refractivity contribution is -0.0185. The van der Waals surface area contributed by atoms with Gasteiger partial charge in [0, 0.05) is 19.6 Å². The van der Waals surface area contributed by atoms with Crippen molar-refractivity contribution in [1.29, 1.82) is 0 Å². The van der Waals surface area contributed by atoms with Gasteiger partial charge in [0.1, 0.15) is 0 Å². The number of ether oxygens (including phenoxy) is 1. The highest BCUT2D eigenvalue weighted by molar-refractivity contribution is 7.89. The number of nitrogens with zero attached hydrogens (tertiary/aromatic N) is 1. The predicted octanol–water partition coefficient (Wildman–Crippen LogP) is 2.39. The standard InChI is InChI=1S/C18H30N2O3S/c1-14-11-15(2)18(16(3)12-14)24(21,22)19-7-5-6-8-20-9-10-23-17(4)13-20/h11-12,17,19H,5-10,13H2,1-4H3. The molecule has 1 aromatic rings.